The first-order valence-corrected chi connectivity index (χ1v) is 9.29. The highest BCUT2D eigenvalue weighted by Gasteiger charge is 2.14. The third-order valence-corrected chi connectivity index (χ3v) is 4.48. The zero-order chi connectivity index (χ0) is 20.1. The first kappa shape index (κ1) is 19.5. The fourth-order valence-corrected chi connectivity index (χ4v) is 2.79. The molecule has 0 saturated carbocycles. The molecule has 2 aromatic heterocycles. The van der Waals surface area contributed by atoms with Crippen molar-refractivity contribution >= 4 is 17.5 Å². The van der Waals surface area contributed by atoms with Crippen molar-refractivity contribution in [2.75, 3.05) is 6.54 Å². The Labute approximate surface area is 164 Å². The Kier molecular flexibility index (Phi) is 5.73. The number of rotatable bonds is 6. The molecular weight excluding hydrogens is 354 g/mol. The molecule has 0 aliphatic rings. The second kappa shape index (κ2) is 8.21. The molecule has 0 fully saturated rings. The molecule has 2 heterocycles. The van der Waals surface area contributed by atoms with Crippen LogP contribution in [0.5, 0.6) is 0 Å². The van der Waals surface area contributed by atoms with Gasteiger partial charge in [0.05, 0.1) is 6.54 Å². The number of hydrogen-bond acceptors (Lipinski definition) is 4. The number of nitrogens with zero attached hydrogens (tertiary/aromatic N) is 3. The number of carbonyl (C=O) groups excluding carboxylic acids is 2. The minimum atomic E-state index is -0.184. The summed E-state index contributed by atoms with van der Waals surface area (Å²) in [5.41, 5.74) is 2.53. The van der Waals surface area contributed by atoms with Gasteiger partial charge in [-0.2, -0.15) is 0 Å². The van der Waals surface area contributed by atoms with Gasteiger partial charge in [0, 0.05) is 24.7 Å². The van der Waals surface area contributed by atoms with Crippen LogP contribution in [0.3, 0.4) is 0 Å². The van der Waals surface area contributed by atoms with Crippen LogP contribution in [-0.2, 0) is 16.8 Å². The van der Waals surface area contributed by atoms with Crippen molar-refractivity contribution in [2.24, 2.45) is 0 Å². The molecule has 146 valence electrons. The average Bonchev–Trinajstić information content (AvgIpc) is 3.09. The van der Waals surface area contributed by atoms with Crippen LogP contribution in [0.4, 0.5) is 0 Å². The van der Waals surface area contributed by atoms with Crippen LogP contribution in [0, 0.1) is 0 Å². The zero-order valence-corrected chi connectivity index (χ0v) is 16.4. The molecule has 0 aliphatic carbocycles. The normalized spacial score (nSPS) is 11.4. The number of benzene rings is 1. The van der Waals surface area contributed by atoms with Crippen LogP contribution in [0.2, 0.25) is 0 Å². The lowest BCUT2D eigenvalue weighted by Gasteiger charge is -2.19. The Hall–Kier alpha value is -3.22. The second-order valence-electron chi connectivity index (χ2n) is 7.66. The smallest absolute Gasteiger partial charge is 0.251 e. The van der Waals surface area contributed by atoms with E-state index in [1.807, 2.05) is 53.1 Å². The fourth-order valence-electron chi connectivity index (χ4n) is 2.79. The van der Waals surface area contributed by atoms with Crippen LogP contribution in [-0.4, -0.2) is 33.0 Å². The molecule has 7 heteroatoms. The van der Waals surface area contributed by atoms with Crippen molar-refractivity contribution in [1.82, 2.24) is 25.2 Å². The van der Waals surface area contributed by atoms with Crippen molar-refractivity contribution in [3.05, 3.63) is 65.6 Å². The van der Waals surface area contributed by atoms with E-state index in [4.69, 9.17) is 0 Å². The number of nitrogens with one attached hydrogen (secondary N) is 2. The van der Waals surface area contributed by atoms with Gasteiger partial charge >= 0.3 is 0 Å². The molecule has 0 unspecified atom stereocenters. The van der Waals surface area contributed by atoms with Crippen LogP contribution in [0.25, 0.3) is 5.65 Å². The van der Waals surface area contributed by atoms with Gasteiger partial charge in [-0.1, -0.05) is 39.0 Å². The molecule has 0 bridgehead atoms. The first-order chi connectivity index (χ1) is 13.3. The minimum Gasteiger partial charge on any atom is -0.352 e. The molecule has 3 rings (SSSR count). The molecule has 0 spiro atoms. The number of carbonyl (C=O) groups is 2. The van der Waals surface area contributed by atoms with Gasteiger partial charge in [0.1, 0.15) is 0 Å². The van der Waals surface area contributed by atoms with Gasteiger partial charge in [-0.05, 0) is 35.2 Å². The molecule has 2 amide bonds. The Morgan fingerprint density at radius 1 is 1.00 bits per heavy atom. The maximum absolute atomic E-state index is 12.2. The SMILES string of the molecule is CC(C)(C)c1ccc(C(=O)NCCC(=O)NCc2nnc3ccccn23)cc1. The summed E-state index contributed by atoms with van der Waals surface area (Å²) in [6, 6.07) is 13.2. The predicted molar refractivity (Wildman–Crippen MR) is 107 cm³/mol. The summed E-state index contributed by atoms with van der Waals surface area (Å²) in [5.74, 6) is 0.319. The topological polar surface area (TPSA) is 88.4 Å². The fraction of sp³-hybridized carbons (Fsp3) is 0.333. The van der Waals surface area contributed by atoms with E-state index >= 15 is 0 Å². The van der Waals surface area contributed by atoms with Gasteiger partial charge in [0.15, 0.2) is 11.5 Å². The van der Waals surface area contributed by atoms with E-state index in [2.05, 4.69) is 41.6 Å². The summed E-state index contributed by atoms with van der Waals surface area (Å²) in [5, 5.41) is 13.7. The molecule has 1 aromatic carbocycles. The molecule has 28 heavy (non-hydrogen) atoms. The maximum Gasteiger partial charge on any atom is 0.251 e. The zero-order valence-electron chi connectivity index (χ0n) is 16.4. The largest absolute Gasteiger partial charge is 0.352 e. The number of amides is 2. The molecule has 3 aromatic rings. The van der Waals surface area contributed by atoms with Crippen molar-refractivity contribution in [1.29, 1.82) is 0 Å². The van der Waals surface area contributed by atoms with E-state index in [-0.39, 0.29) is 36.7 Å². The molecule has 2 N–H and O–H groups in total. The monoisotopic (exact) mass is 379 g/mol. The molecule has 7 nitrogen and oxygen atoms in total. The van der Waals surface area contributed by atoms with Gasteiger partial charge in [0.25, 0.3) is 5.91 Å². The van der Waals surface area contributed by atoms with Crippen molar-refractivity contribution in [2.45, 2.75) is 39.2 Å². The Morgan fingerprint density at radius 3 is 2.46 bits per heavy atom. The van der Waals surface area contributed by atoms with E-state index in [0.29, 0.717) is 11.4 Å². The van der Waals surface area contributed by atoms with Crippen molar-refractivity contribution in [3.63, 3.8) is 0 Å². The quantitative estimate of drug-likeness (QED) is 0.689. The van der Waals surface area contributed by atoms with E-state index in [9.17, 15) is 9.59 Å². The highest BCUT2D eigenvalue weighted by atomic mass is 16.2. The summed E-state index contributed by atoms with van der Waals surface area (Å²) in [7, 11) is 0. The van der Waals surface area contributed by atoms with E-state index in [1.54, 1.807) is 0 Å². The Bertz CT molecular complexity index is 970. The molecular formula is C21H25N5O2. The highest BCUT2D eigenvalue weighted by Crippen LogP contribution is 2.22. The summed E-state index contributed by atoms with van der Waals surface area (Å²) >= 11 is 0. The standard InChI is InChI=1S/C21H25N5O2/c1-21(2,3)16-9-7-15(8-10-16)20(28)22-12-11-19(27)23-14-18-25-24-17-6-4-5-13-26(17)18/h4-10,13H,11-12,14H2,1-3H3,(H,22,28)(H,23,27). The summed E-state index contributed by atoms with van der Waals surface area (Å²) < 4.78 is 1.82. The van der Waals surface area contributed by atoms with Crippen LogP contribution in [0.1, 0.15) is 48.9 Å². The third-order valence-electron chi connectivity index (χ3n) is 4.48. The predicted octanol–water partition coefficient (Wildman–Crippen LogP) is 2.46. The summed E-state index contributed by atoms with van der Waals surface area (Å²) in [6.07, 6.45) is 2.05. The van der Waals surface area contributed by atoms with Gasteiger partial charge in [-0.15, -0.1) is 10.2 Å². The summed E-state index contributed by atoms with van der Waals surface area (Å²) in [6.45, 7) is 6.94. The first-order valence-electron chi connectivity index (χ1n) is 9.29. The minimum absolute atomic E-state index is 0.0444. The Balaban J connectivity index is 1.44. The van der Waals surface area contributed by atoms with Crippen molar-refractivity contribution in [3.8, 4) is 0 Å². The lowest BCUT2D eigenvalue weighted by molar-refractivity contribution is -0.121. The molecule has 0 aliphatic heterocycles. The molecule has 0 radical (unpaired) electrons. The third kappa shape index (κ3) is 4.73. The average molecular weight is 379 g/mol. The highest BCUT2D eigenvalue weighted by molar-refractivity contribution is 5.94. The Morgan fingerprint density at radius 2 is 1.75 bits per heavy atom. The molecule has 0 atom stereocenters. The lowest BCUT2D eigenvalue weighted by atomic mass is 9.87. The van der Waals surface area contributed by atoms with E-state index in [1.165, 1.54) is 5.56 Å². The second-order valence-corrected chi connectivity index (χ2v) is 7.66. The summed E-state index contributed by atoms with van der Waals surface area (Å²) in [4.78, 5) is 24.2. The number of fused-ring (bicyclic) bond motifs is 1. The number of aromatic nitrogens is 3. The van der Waals surface area contributed by atoms with Gasteiger partial charge < -0.3 is 10.6 Å². The van der Waals surface area contributed by atoms with Gasteiger partial charge in [-0.25, -0.2) is 0 Å². The molecule has 0 saturated heterocycles. The van der Waals surface area contributed by atoms with Gasteiger partial charge in [-0.3, -0.25) is 14.0 Å². The lowest BCUT2D eigenvalue weighted by Crippen LogP contribution is -2.31. The van der Waals surface area contributed by atoms with Crippen LogP contribution < -0.4 is 10.6 Å². The maximum atomic E-state index is 12.2. The van der Waals surface area contributed by atoms with Crippen LogP contribution >= 0.6 is 0 Å². The van der Waals surface area contributed by atoms with Crippen molar-refractivity contribution < 1.29 is 9.59 Å². The van der Waals surface area contributed by atoms with Gasteiger partial charge in [0.2, 0.25) is 5.91 Å². The number of pyridine rings is 1. The van der Waals surface area contributed by atoms with Crippen LogP contribution in [0.15, 0.2) is 48.7 Å². The van der Waals surface area contributed by atoms with E-state index < -0.39 is 0 Å². The van der Waals surface area contributed by atoms with E-state index in [0.717, 1.165) is 5.65 Å². The number of hydrogen-bond donors (Lipinski definition) is 2.